The Labute approximate surface area is 734 Å². The van der Waals surface area contributed by atoms with Crippen LogP contribution in [0.3, 0.4) is 0 Å². The molecular formula is C101H106N16O7Si2. The Balaban J connectivity index is 0.000000166. The van der Waals surface area contributed by atoms with Gasteiger partial charge in [-0.1, -0.05) is 263 Å². The minimum absolute atomic E-state index is 0.143. The molecular weight excluding hydrogens is 1610 g/mol. The third-order valence-corrected chi connectivity index (χ3v) is 29.9. The molecule has 0 saturated carbocycles. The highest BCUT2D eigenvalue weighted by atomic mass is 28.4. The summed E-state index contributed by atoms with van der Waals surface area (Å²) < 4.78 is 17.9. The van der Waals surface area contributed by atoms with Crippen molar-refractivity contribution in [3.63, 3.8) is 0 Å². The molecule has 8 aliphatic rings. The van der Waals surface area contributed by atoms with Crippen LogP contribution in [0.25, 0.3) is 43.1 Å². The second-order valence-electron chi connectivity index (χ2n) is 42.7. The molecule has 0 aliphatic carbocycles. The maximum atomic E-state index is 14.5. The predicted octanol–water partition coefficient (Wildman–Crippen LogP) is 17.6. The topological polar surface area (TPSA) is 281 Å². The number of amidine groups is 8. The Morgan fingerprint density at radius 3 is 0.833 bits per heavy atom. The van der Waals surface area contributed by atoms with E-state index in [4.69, 9.17) is 69.1 Å². The standard InChI is InChI=1S/C53H56N8O5Si.C48H50N8O2Si/c1-50(2,3)28-14-18-32-36(24-28)44-54-42(32)56-48-39-27-31(53(10,11)12)17-21-35(39)47-59-45-37-25-29(51(4,5)6)15-19-33(37)43(55-45)57-49-38-26-30(52(7,8)9)16-20-34(38)46(58-44)60(49)67(64,61(47)48)66-41(63)23-22-40(62)65-13;1-45(2,3)25-13-17-29-33(21-25)39-49-37(29)51-43-36-24-28(48(10,11)12)16-20-32(36)42-54-40-34-22-26(46(4,5)6)14-18-30(34)38(50-40)52-44-35-23-27(47(7,8)9)15-19-31(35)41(53-39)55(44)59(57,58)56(42)43/h14-21,24-27,64H,22-23H2,1-13H3;13-24,57-58H,1-12H3. The normalized spacial score (nSPS) is 17.1. The zero-order valence-corrected chi connectivity index (χ0v) is 78.4. The van der Waals surface area contributed by atoms with Gasteiger partial charge in [-0.05, 0) is 136 Å². The highest BCUT2D eigenvalue weighted by Gasteiger charge is 2.54. The second-order valence-corrected chi connectivity index (χ2v) is 47.0. The van der Waals surface area contributed by atoms with Crippen LogP contribution >= 0.6 is 0 Å². The van der Waals surface area contributed by atoms with E-state index in [2.05, 4.69) is 275 Å². The zero-order valence-electron chi connectivity index (χ0n) is 76.4. The lowest BCUT2D eigenvalue weighted by atomic mass is 9.85. The molecule has 23 nitrogen and oxygen atoms in total. The van der Waals surface area contributed by atoms with Gasteiger partial charge in [-0.25, -0.2) is 59.9 Å². The number of fused-ring (bicyclic) bond motifs is 28. The van der Waals surface area contributed by atoms with Crippen LogP contribution < -0.4 is 22.0 Å². The molecule has 20 rings (SSSR count). The van der Waals surface area contributed by atoms with Crippen LogP contribution in [0.4, 0.5) is 23.3 Å². The highest BCUT2D eigenvalue weighted by Crippen LogP contribution is 2.49. The molecule has 126 heavy (non-hydrogen) atoms. The maximum Gasteiger partial charge on any atom is 0.669 e. The average molecular weight is 1710 g/mol. The molecule has 12 bridgehead atoms. The maximum absolute atomic E-state index is 14.5. The van der Waals surface area contributed by atoms with Gasteiger partial charge in [0.25, 0.3) is 5.97 Å². The Morgan fingerprint density at radius 1 is 0.262 bits per heavy atom. The van der Waals surface area contributed by atoms with Crippen LogP contribution in [0.15, 0.2) is 206 Å². The van der Waals surface area contributed by atoms with Crippen LogP contribution in [-0.2, 0) is 62.1 Å². The van der Waals surface area contributed by atoms with Crippen molar-refractivity contribution in [1.29, 1.82) is 0 Å². The van der Waals surface area contributed by atoms with Crippen molar-refractivity contribution in [2.75, 3.05) is 7.11 Å². The second kappa shape index (κ2) is 27.6. The zero-order chi connectivity index (χ0) is 89.8. The first kappa shape index (κ1) is 83.3. The van der Waals surface area contributed by atoms with Crippen molar-refractivity contribution in [2.45, 2.75) is 222 Å². The van der Waals surface area contributed by atoms with E-state index < -0.39 is 29.7 Å². The number of aliphatic imine (C=N–C) groups is 8. The summed E-state index contributed by atoms with van der Waals surface area (Å²) in [6.45, 7) is 52.0. The number of carbonyl (C=O) groups excluding carboxylic acids is 2. The molecule has 1 atom stereocenters. The summed E-state index contributed by atoms with van der Waals surface area (Å²) in [5.74, 6) is 3.14. The van der Waals surface area contributed by atoms with E-state index in [9.17, 15) is 24.0 Å². The van der Waals surface area contributed by atoms with Crippen LogP contribution in [-0.4, -0.2) is 115 Å². The van der Waals surface area contributed by atoms with Gasteiger partial charge in [-0.3, -0.25) is 26.5 Å². The van der Waals surface area contributed by atoms with Gasteiger partial charge in [0.05, 0.1) is 20.0 Å². The predicted molar refractivity (Wildman–Crippen MR) is 506 cm³/mol. The summed E-state index contributed by atoms with van der Waals surface area (Å²) in [6.07, 6.45) is -0.645. The molecule has 8 aliphatic heterocycles. The molecule has 0 amide bonds. The molecule has 4 aromatic heterocycles. The minimum Gasteiger partial charge on any atom is -0.469 e. The molecule has 3 N–H and O–H groups in total. The Hall–Kier alpha value is -12.3. The summed E-state index contributed by atoms with van der Waals surface area (Å²) in [5, 5.41) is 5.49. The number of methoxy groups -OCH3 is 1. The largest absolute Gasteiger partial charge is 0.669 e. The number of rotatable bonds is 4. The number of benzene rings is 8. The van der Waals surface area contributed by atoms with Crippen molar-refractivity contribution in [1.82, 2.24) is 16.9 Å². The lowest BCUT2D eigenvalue weighted by molar-refractivity contribution is -0.145. The number of nitrogens with zero attached hydrogens (tertiary/aromatic N) is 16. The molecule has 0 fully saturated rings. The van der Waals surface area contributed by atoms with Gasteiger partial charge in [0.2, 0.25) is 0 Å². The number of carbonyl (C=O) groups is 2. The Morgan fingerprint density at radius 2 is 0.500 bits per heavy atom. The quantitative estimate of drug-likeness (QED) is 0.113. The van der Waals surface area contributed by atoms with Crippen molar-refractivity contribution in [3.8, 4) is 0 Å². The lowest BCUT2D eigenvalue weighted by Crippen LogP contribution is -2.62. The molecule has 1 unspecified atom stereocenters. The van der Waals surface area contributed by atoms with E-state index in [0.717, 1.165) is 111 Å². The van der Waals surface area contributed by atoms with E-state index in [-0.39, 0.29) is 78.8 Å². The molecule has 12 aromatic rings. The first-order valence-electron chi connectivity index (χ1n) is 43.3. The van der Waals surface area contributed by atoms with Crippen LogP contribution in [0.1, 0.15) is 268 Å². The molecule has 0 saturated heterocycles. The van der Waals surface area contributed by atoms with Gasteiger partial charge in [-0.2, -0.15) is 0 Å². The SMILES string of the molecule is CC(C)(C)c1ccc2c(c1)C1=NC2=Nc2c3cc(C(C)(C)C)ccc3c3n2[Si](O)(O)n2c(c4ccc(C(C)(C)C)cc4c2=NC2=NC(=N3)c3cc(C(C)(C)C)ccc32)=N1.COC(=O)CCC(=O)O[Si]1(O)n2c3c4cc(C(C)(C)C)ccc4c2N=C2N=C(N=c4c5cc(C(C)(C)C)ccc5c(n41)=NC1=NC(=N3)c3ccc(C(C)(C)C)cc31)c1ccc(C(C)(C)C)cc12. The van der Waals surface area contributed by atoms with Crippen LogP contribution in [0.5, 0.6) is 0 Å². The van der Waals surface area contributed by atoms with Crippen LogP contribution in [0, 0.1) is 0 Å². The fourth-order valence-corrected chi connectivity index (χ4v) is 22.3. The van der Waals surface area contributed by atoms with Gasteiger partial charge >= 0.3 is 23.7 Å². The third-order valence-electron chi connectivity index (χ3n) is 25.4. The van der Waals surface area contributed by atoms with E-state index in [1.165, 1.54) is 7.11 Å². The van der Waals surface area contributed by atoms with Gasteiger partial charge in [0.1, 0.15) is 45.2 Å². The van der Waals surface area contributed by atoms with E-state index >= 15 is 0 Å². The minimum atomic E-state index is -5.20. The number of esters is 1. The number of hydrogen-bond donors (Lipinski definition) is 3. The molecule has 0 radical (unpaired) electrons. The first-order chi connectivity index (χ1) is 58.8. The van der Waals surface area contributed by atoms with Crippen LogP contribution in [0.2, 0.25) is 0 Å². The van der Waals surface area contributed by atoms with Crippen molar-refractivity contribution < 1.29 is 33.1 Å². The molecule has 12 heterocycles. The summed E-state index contributed by atoms with van der Waals surface area (Å²) in [7, 11) is -8.94. The molecule has 640 valence electrons. The Kier molecular flexibility index (Phi) is 18.3. The number of ether oxygens (including phenoxy) is 1. The van der Waals surface area contributed by atoms with Gasteiger partial charge in [0, 0.05) is 87.6 Å². The smallest absolute Gasteiger partial charge is 0.469 e. The van der Waals surface area contributed by atoms with Gasteiger partial charge in [0.15, 0.2) is 46.7 Å². The average Bonchev–Trinajstić information content (AvgIpc) is 1.54. The molecule has 0 spiro atoms. The van der Waals surface area contributed by atoms with Gasteiger partial charge < -0.3 is 23.5 Å². The summed E-state index contributed by atoms with van der Waals surface area (Å²) in [6, 6.07) is 49.9. The third kappa shape index (κ3) is 13.4. The summed E-state index contributed by atoms with van der Waals surface area (Å²) in [5.41, 5.74) is 14.5. The monoisotopic (exact) mass is 1710 g/mol. The fraction of sp³-hybridized carbons (Fsp3) is 0.347. The number of hydrogen-bond acceptors (Lipinski definition) is 19. The van der Waals surface area contributed by atoms with Crippen molar-refractivity contribution in [3.05, 3.63) is 257 Å². The fourth-order valence-electron chi connectivity index (χ4n) is 17.7. The Bertz CT molecular complexity index is 7520. The lowest BCUT2D eigenvalue weighted by Gasteiger charge is -2.28. The highest BCUT2D eigenvalue weighted by molar-refractivity contribution is 6.66. The van der Waals surface area contributed by atoms with Crippen molar-refractivity contribution in [2.24, 2.45) is 59.9 Å². The molecule has 25 heteroatoms. The van der Waals surface area contributed by atoms with Gasteiger partial charge in [-0.15, -0.1) is 0 Å². The van der Waals surface area contributed by atoms with E-state index in [1.807, 2.05) is 36.4 Å². The van der Waals surface area contributed by atoms with Crippen molar-refractivity contribution >= 4 is 143 Å². The first-order valence-corrected chi connectivity index (χ1v) is 46.8. The summed E-state index contributed by atoms with van der Waals surface area (Å²) in [4.78, 5) is 132. The van der Waals surface area contributed by atoms with E-state index in [1.54, 1.807) is 16.9 Å². The number of aromatic nitrogens is 4. The summed E-state index contributed by atoms with van der Waals surface area (Å²) >= 11 is 0. The van der Waals surface area contributed by atoms with E-state index in [0.29, 0.717) is 90.8 Å². The molecule has 8 aromatic carbocycles.